The molecule has 3 aromatic heterocycles. The summed E-state index contributed by atoms with van der Waals surface area (Å²) in [5.41, 5.74) is 2.59. The molecule has 0 saturated heterocycles. The molecule has 0 spiro atoms. The number of aliphatic imine (C=N–C) groups is 1. The van der Waals surface area contributed by atoms with E-state index >= 15 is 0 Å². The van der Waals surface area contributed by atoms with Gasteiger partial charge < -0.3 is 16.0 Å². The molecule has 3 aromatic rings. The van der Waals surface area contributed by atoms with E-state index in [1.54, 1.807) is 7.05 Å². The number of amides is 1. The highest BCUT2D eigenvalue weighted by atomic mass is 35.5. The lowest BCUT2D eigenvalue weighted by Crippen LogP contribution is -2.49. The fourth-order valence-electron chi connectivity index (χ4n) is 3.69. The van der Waals surface area contributed by atoms with Gasteiger partial charge >= 0.3 is 6.18 Å². The Bertz CT molecular complexity index is 1330. The van der Waals surface area contributed by atoms with Crippen LogP contribution >= 0.6 is 11.6 Å². The molecule has 1 aliphatic rings. The Hall–Kier alpha value is -3.88. The van der Waals surface area contributed by atoms with Gasteiger partial charge in [-0.05, 0) is 12.3 Å². The van der Waals surface area contributed by atoms with Gasteiger partial charge in [-0.1, -0.05) is 31.9 Å². The second-order valence-corrected chi connectivity index (χ2v) is 8.39. The Morgan fingerprint density at radius 2 is 1.97 bits per heavy atom. The molecule has 212 valence electrons. The molecule has 0 aliphatic carbocycles. The van der Waals surface area contributed by atoms with Crippen molar-refractivity contribution in [2.24, 2.45) is 10.7 Å². The summed E-state index contributed by atoms with van der Waals surface area (Å²) in [5, 5.41) is 13.2. The van der Waals surface area contributed by atoms with Gasteiger partial charge in [0.2, 0.25) is 6.41 Å². The van der Waals surface area contributed by atoms with Gasteiger partial charge in [0.05, 0.1) is 36.0 Å². The number of carbonyl (C=O) groups is 1. The fourth-order valence-corrected chi connectivity index (χ4v) is 3.87. The van der Waals surface area contributed by atoms with Crippen LogP contribution in [0.5, 0.6) is 0 Å². The second-order valence-electron chi connectivity index (χ2n) is 8.00. The Labute approximate surface area is 225 Å². The van der Waals surface area contributed by atoms with Gasteiger partial charge in [-0.3, -0.25) is 9.79 Å². The average molecular weight is 576 g/mol. The van der Waals surface area contributed by atoms with E-state index in [1.807, 2.05) is 0 Å². The summed E-state index contributed by atoms with van der Waals surface area (Å²) >= 11 is 5.84. The maximum Gasteiger partial charge on any atom is 0.405 e. The number of hydrogen-bond acceptors (Lipinski definition) is 8. The van der Waals surface area contributed by atoms with Crippen molar-refractivity contribution in [3.05, 3.63) is 52.8 Å². The second kappa shape index (κ2) is 13.3. The minimum atomic E-state index is -4.79. The van der Waals surface area contributed by atoms with Crippen LogP contribution in [0.1, 0.15) is 38.1 Å². The molecule has 1 unspecified atom stereocenters. The smallest absolute Gasteiger partial charge is 0.404 e. The minimum Gasteiger partial charge on any atom is -0.404 e. The maximum atomic E-state index is 14.3. The Morgan fingerprint density at radius 1 is 1.31 bits per heavy atom. The molecule has 1 aliphatic heterocycles. The molecule has 10 nitrogen and oxygen atoms in total. The first-order chi connectivity index (χ1) is 18.4. The van der Waals surface area contributed by atoms with Crippen LogP contribution in [0.3, 0.4) is 0 Å². The van der Waals surface area contributed by atoms with Gasteiger partial charge in [0.15, 0.2) is 16.2 Å². The van der Waals surface area contributed by atoms with Gasteiger partial charge in [0.1, 0.15) is 5.69 Å². The van der Waals surface area contributed by atoms with E-state index in [-0.39, 0.29) is 33.4 Å². The molecule has 0 aromatic carbocycles. The maximum absolute atomic E-state index is 14.3. The lowest BCUT2D eigenvalue weighted by atomic mass is 9.78. The van der Waals surface area contributed by atoms with E-state index in [0.29, 0.717) is 12.1 Å². The predicted octanol–water partition coefficient (Wildman–Crippen LogP) is 4.57. The van der Waals surface area contributed by atoms with Crippen molar-refractivity contribution >= 4 is 41.2 Å². The zero-order chi connectivity index (χ0) is 29.4. The lowest BCUT2D eigenvalue weighted by molar-refractivity contribution is -0.174. The number of anilines is 2. The van der Waals surface area contributed by atoms with E-state index < -0.39 is 24.6 Å². The first-order valence-corrected chi connectivity index (χ1v) is 11.8. The van der Waals surface area contributed by atoms with Gasteiger partial charge in [0, 0.05) is 31.9 Å². The number of hydrogen-bond donors (Lipinski definition) is 2. The first kappa shape index (κ1) is 31.3. The summed E-state index contributed by atoms with van der Waals surface area (Å²) in [6, 6.07) is 2.59. The molecule has 0 bridgehead atoms. The van der Waals surface area contributed by atoms with Crippen molar-refractivity contribution in [2.45, 2.75) is 38.3 Å². The number of carbonyl (C=O) groups excluding carboxylic acids is 1. The highest BCUT2D eigenvalue weighted by molar-refractivity contribution is 6.29. The predicted molar refractivity (Wildman–Crippen MR) is 138 cm³/mol. The van der Waals surface area contributed by atoms with Crippen molar-refractivity contribution in [2.75, 3.05) is 30.9 Å². The summed E-state index contributed by atoms with van der Waals surface area (Å²) in [5.74, 6) is 0. The van der Waals surface area contributed by atoms with Crippen LogP contribution in [-0.4, -0.2) is 64.2 Å². The van der Waals surface area contributed by atoms with Crippen molar-refractivity contribution < 1.29 is 26.7 Å². The third kappa shape index (κ3) is 6.41. The molecule has 16 heteroatoms. The average Bonchev–Trinajstić information content (AvgIpc) is 3.45. The molecule has 3 N–H and O–H groups in total. The summed E-state index contributed by atoms with van der Waals surface area (Å²) in [6.07, 6.45) is -1.39. The molecule has 0 fully saturated rings. The molecule has 39 heavy (non-hydrogen) atoms. The monoisotopic (exact) mass is 575 g/mol. The zero-order valence-corrected chi connectivity index (χ0v) is 22.2. The Morgan fingerprint density at radius 3 is 2.49 bits per heavy atom. The standard InChI is InChI=1S/C14H12ClF3N6O.C6H7F2N3.C3H8/c1-20-4-8(3-19)13(14(16,17)18)6-23(7-25)9-5-21-11-2-10(15)22-24(11)12(9)13;1-9-4-2-5(6(7)8)11-10-3-4;1-3-2/h2-5,7H,6,19H2,1H3;2-3,6H,1H3,(H,9,11);3H2,1-2H3/b8-3+,20-4?;;. The number of alkyl halides is 5. The Balaban J connectivity index is 0.000000317. The SMILES string of the molecule is CCC.CN=C/C(=C\N)C1(C(F)(F)F)CN(C=O)c2cnc3cc(Cl)nn3c21.CNc1cnnc(C(F)F)c1. The van der Waals surface area contributed by atoms with E-state index in [4.69, 9.17) is 17.3 Å². The Kier molecular flexibility index (Phi) is 10.7. The number of aromatic nitrogens is 5. The summed E-state index contributed by atoms with van der Waals surface area (Å²) in [6.45, 7) is 3.54. The number of halogens is 6. The molecular formula is C23H27ClF5N9O. The number of fused-ring (bicyclic) bond motifs is 3. The van der Waals surface area contributed by atoms with Crippen LogP contribution in [0, 0.1) is 0 Å². The number of nitrogens with zero attached hydrogens (tertiary/aromatic N) is 7. The van der Waals surface area contributed by atoms with Gasteiger partial charge in [-0.15, -0.1) is 5.10 Å². The van der Waals surface area contributed by atoms with Crippen molar-refractivity contribution in [1.82, 2.24) is 24.8 Å². The van der Waals surface area contributed by atoms with E-state index in [0.717, 1.165) is 21.8 Å². The lowest BCUT2D eigenvalue weighted by Gasteiger charge is -2.32. The molecule has 0 radical (unpaired) electrons. The molecular weight excluding hydrogens is 549 g/mol. The highest BCUT2D eigenvalue weighted by Crippen LogP contribution is 2.53. The summed E-state index contributed by atoms with van der Waals surface area (Å²) in [4.78, 5) is 20.0. The summed E-state index contributed by atoms with van der Waals surface area (Å²) in [7, 11) is 2.96. The van der Waals surface area contributed by atoms with Crippen molar-refractivity contribution in [3.63, 3.8) is 0 Å². The van der Waals surface area contributed by atoms with Crippen molar-refractivity contribution in [1.29, 1.82) is 0 Å². The fraction of sp³-hybridized carbons (Fsp3) is 0.391. The molecule has 4 rings (SSSR count). The third-order valence-electron chi connectivity index (χ3n) is 5.29. The summed E-state index contributed by atoms with van der Waals surface area (Å²) < 4.78 is 67.8. The molecule has 0 saturated carbocycles. The van der Waals surface area contributed by atoms with Gasteiger partial charge in [-0.2, -0.15) is 23.4 Å². The van der Waals surface area contributed by atoms with Gasteiger partial charge in [0.25, 0.3) is 6.43 Å². The number of nitrogens with one attached hydrogen (secondary N) is 1. The van der Waals surface area contributed by atoms with Crippen LogP contribution in [0.2, 0.25) is 5.15 Å². The van der Waals surface area contributed by atoms with E-state index in [1.165, 1.54) is 38.0 Å². The van der Waals surface area contributed by atoms with Crippen LogP contribution in [0.25, 0.3) is 5.65 Å². The van der Waals surface area contributed by atoms with E-state index in [2.05, 4.69) is 44.4 Å². The normalized spacial score (nSPS) is 17.0. The topological polar surface area (TPSA) is 127 Å². The van der Waals surface area contributed by atoms with Crippen LogP contribution in [-0.2, 0) is 10.2 Å². The number of nitrogens with two attached hydrogens (primary N) is 1. The van der Waals surface area contributed by atoms with E-state index in [9.17, 15) is 26.7 Å². The van der Waals surface area contributed by atoms with Crippen LogP contribution in [0.4, 0.5) is 33.3 Å². The highest BCUT2D eigenvalue weighted by Gasteiger charge is 2.64. The first-order valence-electron chi connectivity index (χ1n) is 11.4. The third-order valence-corrected chi connectivity index (χ3v) is 5.48. The van der Waals surface area contributed by atoms with Crippen LogP contribution < -0.4 is 16.0 Å². The van der Waals surface area contributed by atoms with Gasteiger partial charge in [-0.25, -0.2) is 18.3 Å². The molecule has 1 atom stereocenters. The van der Waals surface area contributed by atoms with Crippen molar-refractivity contribution in [3.8, 4) is 0 Å². The largest absolute Gasteiger partial charge is 0.405 e. The zero-order valence-electron chi connectivity index (χ0n) is 21.4. The molecule has 1 amide bonds. The minimum absolute atomic E-state index is 0.0241. The quantitative estimate of drug-likeness (QED) is 0.259. The van der Waals surface area contributed by atoms with Crippen LogP contribution in [0.15, 0.2) is 41.3 Å². The number of rotatable bonds is 5. The molecule has 4 heterocycles.